The number of quaternary nitrogens is 1. The highest BCUT2D eigenvalue weighted by Crippen LogP contribution is 2.66. The summed E-state index contributed by atoms with van der Waals surface area (Å²) in [4.78, 5) is 52.0. The molecule has 3 aliphatic carbocycles. The number of likely N-dealkylation sites (tertiary alicyclic amines) is 1. The van der Waals surface area contributed by atoms with E-state index in [1.54, 1.807) is 0 Å². The number of carbonyl (C=O) groups is 4. The van der Waals surface area contributed by atoms with Gasteiger partial charge in [-0.1, -0.05) is 13.8 Å². The summed E-state index contributed by atoms with van der Waals surface area (Å²) in [6, 6.07) is -0.0655. The Labute approximate surface area is 243 Å². The van der Waals surface area contributed by atoms with E-state index in [1.807, 2.05) is 4.90 Å². The van der Waals surface area contributed by atoms with E-state index in [0.29, 0.717) is 37.2 Å². The molecule has 10 nitrogen and oxygen atoms in total. The number of aliphatic carboxylic acids is 2. The minimum atomic E-state index is -0.816. The Hall–Kier alpha value is -2.20. The van der Waals surface area contributed by atoms with Crippen LogP contribution in [-0.2, 0) is 28.7 Å². The van der Waals surface area contributed by atoms with Crippen molar-refractivity contribution in [3.63, 3.8) is 0 Å². The van der Waals surface area contributed by atoms with Gasteiger partial charge in [-0.3, -0.25) is 14.4 Å². The summed E-state index contributed by atoms with van der Waals surface area (Å²) < 4.78 is 12.1. The highest BCUT2D eigenvalue weighted by molar-refractivity contribution is 5.77. The van der Waals surface area contributed by atoms with Gasteiger partial charge in [0, 0.05) is 57.5 Å². The van der Waals surface area contributed by atoms with Crippen molar-refractivity contribution in [2.24, 2.45) is 34.5 Å². The van der Waals surface area contributed by atoms with Gasteiger partial charge in [-0.15, -0.1) is 0 Å². The number of ether oxygens (including phenoxy) is 2. The minimum Gasteiger partial charge on any atom is -0.481 e. The van der Waals surface area contributed by atoms with Crippen LogP contribution in [0.15, 0.2) is 0 Å². The zero-order valence-corrected chi connectivity index (χ0v) is 25.0. The van der Waals surface area contributed by atoms with Crippen molar-refractivity contribution in [1.29, 1.82) is 0 Å². The molecule has 3 saturated carbocycles. The molecule has 10 heteroatoms. The van der Waals surface area contributed by atoms with Gasteiger partial charge in [0.15, 0.2) is 12.6 Å². The Balaban J connectivity index is 1.48. The molecule has 41 heavy (non-hydrogen) atoms. The number of amides is 1. The molecule has 5 aliphatic rings. The minimum absolute atomic E-state index is 0.0474. The topological polar surface area (TPSA) is 130 Å². The monoisotopic (exact) mass is 577 g/mol. The predicted molar refractivity (Wildman–Crippen MR) is 149 cm³/mol. The van der Waals surface area contributed by atoms with Crippen molar-refractivity contribution in [3.05, 3.63) is 0 Å². The van der Waals surface area contributed by atoms with E-state index in [0.717, 1.165) is 58.0 Å². The molecule has 0 aromatic rings. The van der Waals surface area contributed by atoms with Crippen molar-refractivity contribution < 1.29 is 43.3 Å². The zero-order chi connectivity index (χ0) is 29.6. The van der Waals surface area contributed by atoms with Gasteiger partial charge in [0.1, 0.15) is 6.04 Å². The molecule has 0 unspecified atom stereocenters. The van der Waals surface area contributed by atoms with Gasteiger partial charge in [0.2, 0.25) is 5.91 Å². The van der Waals surface area contributed by atoms with Crippen molar-refractivity contribution in [1.82, 2.24) is 4.90 Å². The average Bonchev–Trinajstić information content (AvgIpc) is 3.48. The number of rotatable bonds is 8. The molecular formula is C31H49N2O8+. The quantitative estimate of drug-likeness (QED) is 0.332. The number of nitrogens with zero attached hydrogens (tertiary/aromatic N) is 2. The summed E-state index contributed by atoms with van der Waals surface area (Å²) in [7, 11) is 0. The molecule has 0 aromatic carbocycles. The molecule has 8 atom stereocenters. The first kappa shape index (κ1) is 30.3. The van der Waals surface area contributed by atoms with Gasteiger partial charge in [0.05, 0.1) is 26.3 Å². The van der Waals surface area contributed by atoms with Crippen LogP contribution in [0.25, 0.3) is 0 Å². The Morgan fingerprint density at radius 1 is 0.976 bits per heavy atom. The fourth-order valence-corrected chi connectivity index (χ4v) is 10.3. The molecule has 5 fully saturated rings. The lowest BCUT2D eigenvalue weighted by Crippen LogP contribution is -2.61. The van der Waals surface area contributed by atoms with Crippen LogP contribution in [0.4, 0.5) is 0 Å². The van der Waals surface area contributed by atoms with Crippen molar-refractivity contribution >= 4 is 23.8 Å². The largest absolute Gasteiger partial charge is 0.481 e. The Morgan fingerprint density at radius 3 is 2.27 bits per heavy atom. The first-order valence-corrected chi connectivity index (χ1v) is 15.7. The SMILES string of the molecule is CC(=O)O[C@H]1[C@@H]([N+]2(CC(=O)O)CCCC2)C[C@H]2[C@@H]3CC[C@@H](CC(=O)O)[C@](C)(CC(=O)N4CCOCC4)[C@H]3CC[C@@]21C. The number of hydrogen-bond donors (Lipinski definition) is 2. The maximum atomic E-state index is 13.6. The second-order valence-electron chi connectivity index (χ2n) is 14.2. The Morgan fingerprint density at radius 2 is 1.66 bits per heavy atom. The molecule has 0 spiro atoms. The van der Waals surface area contributed by atoms with Crippen LogP contribution >= 0.6 is 0 Å². The van der Waals surface area contributed by atoms with Gasteiger partial charge in [-0.05, 0) is 54.8 Å². The summed E-state index contributed by atoms with van der Waals surface area (Å²) in [5, 5.41) is 19.8. The summed E-state index contributed by atoms with van der Waals surface area (Å²) in [5.74, 6) is -1.25. The fourth-order valence-electron chi connectivity index (χ4n) is 10.3. The number of hydrogen-bond acceptors (Lipinski definition) is 6. The van der Waals surface area contributed by atoms with Crippen molar-refractivity contribution in [3.8, 4) is 0 Å². The maximum Gasteiger partial charge on any atom is 0.359 e. The number of esters is 1. The number of carboxylic acids is 2. The zero-order valence-electron chi connectivity index (χ0n) is 25.0. The fraction of sp³-hybridized carbons (Fsp3) is 0.871. The second kappa shape index (κ2) is 11.5. The van der Waals surface area contributed by atoms with Gasteiger partial charge in [0.25, 0.3) is 0 Å². The van der Waals surface area contributed by atoms with Crippen LogP contribution in [0.1, 0.15) is 78.6 Å². The summed E-state index contributed by atoms with van der Waals surface area (Å²) >= 11 is 0. The van der Waals surface area contributed by atoms with Crippen LogP contribution in [0, 0.1) is 34.5 Å². The van der Waals surface area contributed by atoms with Crippen molar-refractivity contribution in [2.75, 3.05) is 45.9 Å². The molecule has 230 valence electrons. The molecule has 1 amide bonds. The van der Waals surface area contributed by atoms with Gasteiger partial charge >= 0.3 is 17.9 Å². The summed E-state index contributed by atoms with van der Waals surface area (Å²) in [6.45, 7) is 9.69. The number of carboxylic acid groups (broad SMARTS) is 2. The number of fused-ring (bicyclic) bond motifs is 3. The molecule has 0 radical (unpaired) electrons. The number of morpholine rings is 1. The molecule has 2 N–H and O–H groups in total. The molecule has 2 aliphatic heterocycles. The number of carbonyl (C=O) groups excluding carboxylic acids is 2. The van der Waals surface area contributed by atoms with Crippen LogP contribution < -0.4 is 0 Å². The lowest BCUT2D eigenvalue weighted by Gasteiger charge is -2.58. The third-order valence-electron chi connectivity index (χ3n) is 12.2. The van der Waals surface area contributed by atoms with E-state index in [9.17, 15) is 29.4 Å². The van der Waals surface area contributed by atoms with Gasteiger partial charge in [-0.25, -0.2) is 4.79 Å². The molecule has 2 heterocycles. The van der Waals surface area contributed by atoms with E-state index >= 15 is 0 Å². The molecule has 0 aromatic heterocycles. The molecule has 0 bridgehead atoms. The molecular weight excluding hydrogens is 528 g/mol. The van der Waals surface area contributed by atoms with Crippen LogP contribution in [0.5, 0.6) is 0 Å². The van der Waals surface area contributed by atoms with E-state index in [2.05, 4.69) is 13.8 Å². The highest BCUT2D eigenvalue weighted by Gasteiger charge is 2.67. The average molecular weight is 578 g/mol. The van der Waals surface area contributed by atoms with Crippen LogP contribution in [0.2, 0.25) is 0 Å². The third-order valence-corrected chi connectivity index (χ3v) is 12.2. The van der Waals surface area contributed by atoms with Crippen molar-refractivity contribution in [2.45, 2.75) is 90.7 Å². The third kappa shape index (κ3) is 5.51. The smallest absolute Gasteiger partial charge is 0.359 e. The maximum absolute atomic E-state index is 13.6. The molecule has 2 saturated heterocycles. The van der Waals surface area contributed by atoms with Crippen LogP contribution in [0.3, 0.4) is 0 Å². The first-order valence-electron chi connectivity index (χ1n) is 15.7. The van der Waals surface area contributed by atoms with Gasteiger partial charge in [-0.2, -0.15) is 0 Å². The Kier molecular flexibility index (Phi) is 8.47. The van der Waals surface area contributed by atoms with E-state index < -0.39 is 17.4 Å². The highest BCUT2D eigenvalue weighted by atomic mass is 16.5. The van der Waals surface area contributed by atoms with Crippen LogP contribution in [-0.4, -0.2) is 101 Å². The lowest BCUT2D eigenvalue weighted by atomic mass is 9.46. The summed E-state index contributed by atoms with van der Waals surface area (Å²) in [5.41, 5.74) is -0.730. The van der Waals surface area contributed by atoms with E-state index in [4.69, 9.17) is 9.47 Å². The van der Waals surface area contributed by atoms with E-state index in [-0.39, 0.29) is 66.1 Å². The predicted octanol–water partition coefficient (Wildman–Crippen LogP) is 3.17. The normalized spacial score (nSPS) is 39.9. The summed E-state index contributed by atoms with van der Waals surface area (Å²) in [6.07, 6.45) is 6.13. The lowest BCUT2D eigenvalue weighted by molar-refractivity contribution is -0.936. The second-order valence-corrected chi connectivity index (χ2v) is 14.2. The van der Waals surface area contributed by atoms with E-state index in [1.165, 1.54) is 6.92 Å². The van der Waals surface area contributed by atoms with Gasteiger partial charge < -0.3 is 29.1 Å². The Bertz CT molecular complexity index is 1040. The first-order chi connectivity index (χ1) is 19.4. The standard InChI is InChI=1S/C31H48N2O8/c1-20(34)41-29-25(33(19-28(38)39)12-4-5-13-33)17-24-22-7-6-21(16-27(36)37)31(3,23(22)8-9-30(24,29)2)18-26(35)32-10-14-40-15-11-32/h21-25,29H,4-19H2,1-3H3,(H-,36,37,38,39)/p+1/t21-,22+,23-,24-,25-,29-,30-,31-/m0/s1. The molecule has 5 rings (SSSR count).